The quantitative estimate of drug-likeness (QED) is 0.840. The third-order valence-corrected chi connectivity index (χ3v) is 6.42. The second-order valence-electron chi connectivity index (χ2n) is 5.21. The van der Waals surface area contributed by atoms with Crippen molar-refractivity contribution in [1.29, 1.82) is 0 Å². The Morgan fingerprint density at radius 3 is 2.84 bits per heavy atom. The van der Waals surface area contributed by atoms with Crippen molar-refractivity contribution in [2.24, 2.45) is 5.92 Å². The normalized spacial score (nSPS) is 25.2. The van der Waals surface area contributed by atoms with E-state index in [4.69, 9.17) is 0 Å². The molecule has 6 heteroatoms. The fourth-order valence-electron chi connectivity index (χ4n) is 2.61. The molecule has 1 heterocycles. The summed E-state index contributed by atoms with van der Waals surface area (Å²) < 4.78 is 27.6. The van der Waals surface area contributed by atoms with Gasteiger partial charge in [0.25, 0.3) is 0 Å². The van der Waals surface area contributed by atoms with Crippen LogP contribution >= 0.6 is 11.3 Å². The molecule has 0 amide bonds. The Balaban J connectivity index is 2.16. The van der Waals surface area contributed by atoms with Crippen LogP contribution in [-0.4, -0.2) is 19.6 Å². The number of hydrogen-bond donors (Lipinski definition) is 2. The highest BCUT2D eigenvalue weighted by molar-refractivity contribution is 7.89. The summed E-state index contributed by atoms with van der Waals surface area (Å²) in [6.07, 6.45) is 5.42. The van der Waals surface area contributed by atoms with Gasteiger partial charge in [-0.3, -0.25) is 0 Å². The second-order valence-corrected chi connectivity index (χ2v) is 7.89. The van der Waals surface area contributed by atoms with Crippen molar-refractivity contribution < 1.29 is 13.5 Å². The summed E-state index contributed by atoms with van der Waals surface area (Å²) in [6, 6.07) is 1.58. The van der Waals surface area contributed by atoms with Gasteiger partial charge in [-0.25, -0.2) is 13.1 Å². The first-order valence-electron chi connectivity index (χ1n) is 6.74. The van der Waals surface area contributed by atoms with Crippen molar-refractivity contribution >= 4 is 21.4 Å². The molecule has 1 aliphatic rings. The topological polar surface area (TPSA) is 66.4 Å². The number of rotatable bonds is 4. The fraction of sp³-hybridized carbons (Fsp3) is 0.692. The summed E-state index contributed by atoms with van der Waals surface area (Å²) in [7, 11) is -3.51. The molecule has 2 rings (SSSR count). The van der Waals surface area contributed by atoms with Gasteiger partial charge in [0.1, 0.15) is 0 Å². The molecule has 2 unspecified atom stereocenters. The first-order chi connectivity index (χ1) is 9.04. The molecule has 4 nitrogen and oxygen atoms in total. The van der Waals surface area contributed by atoms with Crippen molar-refractivity contribution in [3.05, 3.63) is 16.3 Å². The van der Waals surface area contributed by atoms with Crippen molar-refractivity contribution in [1.82, 2.24) is 4.72 Å². The lowest BCUT2D eigenvalue weighted by molar-refractivity contribution is 0.282. The number of hydrogen-bond acceptors (Lipinski definition) is 4. The zero-order chi connectivity index (χ0) is 13.9. The summed E-state index contributed by atoms with van der Waals surface area (Å²) in [5.41, 5.74) is 0. The van der Waals surface area contributed by atoms with Crippen LogP contribution in [-0.2, 0) is 16.6 Å². The van der Waals surface area contributed by atoms with Gasteiger partial charge in [0.15, 0.2) is 0 Å². The molecular formula is C13H21NO3S2. The van der Waals surface area contributed by atoms with E-state index in [2.05, 4.69) is 11.6 Å². The molecule has 1 saturated carbocycles. The Morgan fingerprint density at radius 1 is 1.37 bits per heavy atom. The van der Waals surface area contributed by atoms with E-state index in [1.54, 1.807) is 11.4 Å². The molecule has 1 fully saturated rings. The minimum Gasteiger partial charge on any atom is -0.391 e. The molecule has 0 bridgehead atoms. The van der Waals surface area contributed by atoms with Crippen LogP contribution in [0.25, 0.3) is 0 Å². The van der Waals surface area contributed by atoms with E-state index in [0.29, 0.717) is 10.8 Å². The molecule has 0 saturated heterocycles. The molecular weight excluding hydrogens is 282 g/mol. The first-order valence-corrected chi connectivity index (χ1v) is 9.10. The van der Waals surface area contributed by atoms with E-state index >= 15 is 0 Å². The molecule has 1 aromatic rings. The molecule has 1 aromatic heterocycles. The van der Waals surface area contributed by atoms with Crippen LogP contribution in [0.4, 0.5) is 0 Å². The Morgan fingerprint density at radius 2 is 2.11 bits per heavy atom. The number of sulfonamides is 1. The number of aliphatic hydroxyl groups is 1. The third-order valence-electron chi connectivity index (χ3n) is 3.81. The van der Waals surface area contributed by atoms with Crippen LogP contribution in [0.5, 0.6) is 0 Å². The second kappa shape index (κ2) is 6.35. The number of aliphatic hydroxyl groups excluding tert-OH is 1. The van der Waals surface area contributed by atoms with Gasteiger partial charge < -0.3 is 5.11 Å². The first kappa shape index (κ1) is 15.0. The Labute approximate surface area is 118 Å². The van der Waals surface area contributed by atoms with Crippen LogP contribution in [0.15, 0.2) is 16.3 Å². The maximum atomic E-state index is 12.4. The van der Waals surface area contributed by atoms with Crippen LogP contribution in [0, 0.1) is 5.92 Å². The third kappa shape index (κ3) is 3.56. The van der Waals surface area contributed by atoms with Gasteiger partial charge in [0.2, 0.25) is 10.0 Å². The average Bonchev–Trinajstić information content (AvgIpc) is 2.78. The maximum Gasteiger partial charge on any atom is 0.242 e. The Bertz CT molecular complexity index is 510. The van der Waals surface area contributed by atoms with E-state index < -0.39 is 10.0 Å². The lowest BCUT2D eigenvalue weighted by Crippen LogP contribution is -2.38. The summed E-state index contributed by atoms with van der Waals surface area (Å²) in [4.78, 5) is 0.741. The standard InChI is InChI=1S/C13H21NO3S2/c1-10-5-3-2-4-6-11(10)14-19(16,17)13-7-8-18-12(13)9-15/h7-8,10-11,14-15H,2-6,9H2,1H3. The molecule has 19 heavy (non-hydrogen) atoms. The van der Waals surface area contributed by atoms with Crippen LogP contribution in [0.1, 0.15) is 43.9 Å². The van der Waals surface area contributed by atoms with Gasteiger partial charge in [-0.05, 0) is 30.2 Å². The van der Waals surface area contributed by atoms with Crippen LogP contribution < -0.4 is 4.72 Å². The lowest BCUT2D eigenvalue weighted by Gasteiger charge is -2.22. The van der Waals surface area contributed by atoms with Gasteiger partial charge in [0.05, 0.1) is 11.5 Å². The molecule has 0 aliphatic heterocycles. The zero-order valence-corrected chi connectivity index (χ0v) is 12.8. The molecule has 1 aliphatic carbocycles. The fourth-order valence-corrected chi connectivity index (χ4v) is 5.29. The summed E-state index contributed by atoms with van der Waals surface area (Å²) in [6.45, 7) is 1.88. The van der Waals surface area contributed by atoms with Gasteiger partial charge in [-0.1, -0.05) is 26.2 Å². The number of thiophene rings is 1. The molecule has 2 N–H and O–H groups in total. The molecule has 0 radical (unpaired) electrons. The van der Waals surface area contributed by atoms with Gasteiger partial charge >= 0.3 is 0 Å². The van der Waals surface area contributed by atoms with E-state index in [1.165, 1.54) is 24.2 Å². The number of nitrogens with one attached hydrogen (secondary N) is 1. The monoisotopic (exact) mass is 303 g/mol. The Kier molecular flexibility index (Phi) is 5.00. The summed E-state index contributed by atoms with van der Waals surface area (Å²) in [5, 5.41) is 10.9. The smallest absolute Gasteiger partial charge is 0.242 e. The van der Waals surface area contributed by atoms with E-state index in [9.17, 15) is 13.5 Å². The Hall–Kier alpha value is -0.430. The van der Waals surface area contributed by atoms with Crippen LogP contribution in [0.2, 0.25) is 0 Å². The SMILES string of the molecule is CC1CCCCCC1NS(=O)(=O)c1ccsc1CO. The maximum absolute atomic E-state index is 12.4. The lowest BCUT2D eigenvalue weighted by atomic mass is 9.98. The minimum absolute atomic E-state index is 0.0129. The van der Waals surface area contributed by atoms with Crippen LogP contribution in [0.3, 0.4) is 0 Å². The average molecular weight is 303 g/mol. The molecule has 0 aromatic carbocycles. The van der Waals surface area contributed by atoms with Crippen molar-refractivity contribution in [2.75, 3.05) is 0 Å². The highest BCUT2D eigenvalue weighted by Crippen LogP contribution is 2.26. The van der Waals surface area contributed by atoms with Gasteiger partial charge in [-0.2, -0.15) is 0 Å². The molecule has 2 atom stereocenters. The summed E-state index contributed by atoms with van der Waals surface area (Å²) in [5.74, 6) is 0.369. The van der Waals surface area contributed by atoms with Crippen molar-refractivity contribution in [2.45, 2.75) is 56.6 Å². The predicted molar refractivity (Wildman–Crippen MR) is 76.6 cm³/mol. The highest BCUT2D eigenvalue weighted by atomic mass is 32.2. The van der Waals surface area contributed by atoms with E-state index in [-0.39, 0.29) is 17.5 Å². The molecule has 0 spiro atoms. The van der Waals surface area contributed by atoms with E-state index in [0.717, 1.165) is 19.3 Å². The van der Waals surface area contributed by atoms with Gasteiger partial charge in [-0.15, -0.1) is 11.3 Å². The zero-order valence-electron chi connectivity index (χ0n) is 11.1. The van der Waals surface area contributed by atoms with Gasteiger partial charge in [0, 0.05) is 10.9 Å². The van der Waals surface area contributed by atoms with E-state index in [1.807, 2.05) is 0 Å². The van der Waals surface area contributed by atoms with Crippen molar-refractivity contribution in [3.8, 4) is 0 Å². The largest absolute Gasteiger partial charge is 0.391 e. The highest BCUT2D eigenvalue weighted by Gasteiger charge is 2.27. The minimum atomic E-state index is -3.51. The predicted octanol–water partition coefficient (Wildman–Crippen LogP) is 2.49. The molecule has 108 valence electrons. The summed E-state index contributed by atoms with van der Waals surface area (Å²) >= 11 is 1.27. The van der Waals surface area contributed by atoms with Crippen molar-refractivity contribution in [3.63, 3.8) is 0 Å².